The van der Waals surface area contributed by atoms with Crippen LogP contribution in [0.15, 0.2) is 35.6 Å². The topological polar surface area (TPSA) is 97.1 Å². The summed E-state index contributed by atoms with van der Waals surface area (Å²) in [4.78, 5) is 3.73. The van der Waals surface area contributed by atoms with Crippen molar-refractivity contribution < 1.29 is 13.5 Å². The SMILES string of the molecule is Cn1nccc1S(=O)(=O)Nc1ncccc1O. The highest BCUT2D eigenvalue weighted by Gasteiger charge is 2.19. The molecule has 0 fully saturated rings. The zero-order chi connectivity index (χ0) is 12.5. The molecule has 0 saturated carbocycles. The molecule has 90 valence electrons. The van der Waals surface area contributed by atoms with E-state index in [9.17, 15) is 13.5 Å². The summed E-state index contributed by atoms with van der Waals surface area (Å²) in [5.74, 6) is -0.355. The Morgan fingerprint density at radius 3 is 2.71 bits per heavy atom. The highest BCUT2D eigenvalue weighted by molar-refractivity contribution is 7.92. The molecule has 0 atom stereocenters. The van der Waals surface area contributed by atoms with Crippen LogP contribution in [0.3, 0.4) is 0 Å². The zero-order valence-corrected chi connectivity index (χ0v) is 9.72. The monoisotopic (exact) mass is 254 g/mol. The summed E-state index contributed by atoms with van der Waals surface area (Å²) in [6.07, 6.45) is 2.74. The van der Waals surface area contributed by atoms with E-state index in [-0.39, 0.29) is 16.6 Å². The van der Waals surface area contributed by atoms with Gasteiger partial charge in [-0.15, -0.1) is 0 Å². The lowest BCUT2D eigenvalue weighted by Gasteiger charge is -2.07. The van der Waals surface area contributed by atoms with E-state index in [1.54, 1.807) is 0 Å². The van der Waals surface area contributed by atoms with Crippen LogP contribution in [0.4, 0.5) is 5.82 Å². The van der Waals surface area contributed by atoms with Crippen molar-refractivity contribution >= 4 is 15.8 Å². The number of sulfonamides is 1. The first-order valence-electron chi connectivity index (χ1n) is 4.65. The van der Waals surface area contributed by atoms with Gasteiger partial charge in [0.2, 0.25) is 0 Å². The lowest BCUT2D eigenvalue weighted by molar-refractivity contribution is 0.475. The van der Waals surface area contributed by atoms with Crippen LogP contribution in [0, 0.1) is 0 Å². The van der Waals surface area contributed by atoms with Crippen molar-refractivity contribution in [3.63, 3.8) is 0 Å². The molecule has 2 aromatic rings. The fourth-order valence-corrected chi connectivity index (χ4v) is 2.43. The Kier molecular flexibility index (Phi) is 2.72. The van der Waals surface area contributed by atoms with Gasteiger partial charge in [0.25, 0.3) is 10.0 Å². The third kappa shape index (κ3) is 2.21. The largest absolute Gasteiger partial charge is 0.504 e. The van der Waals surface area contributed by atoms with Gasteiger partial charge in [0, 0.05) is 13.2 Å². The summed E-state index contributed by atoms with van der Waals surface area (Å²) in [6, 6.07) is 4.19. The van der Waals surface area contributed by atoms with Gasteiger partial charge in [0.15, 0.2) is 16.6 Å². The maximum absolute atomic E-state index is 11.9. The van der Waals surface area contributed by atoms with Gasteiger partial charge < -0.3 is 5.11 Å². The van der Waals surface area contributed by atoms with Crippen molar-refractivity contribution in [3.8, 4) is 5.75 Å². The number of anilines is 1. The molecule has 0 radical (unpaired) electrons. The summed E-state index contributed by atoms with van der Waals surface area (Å²) in [5, 5.41) is 13.2. The predicted molar refractivity (Wildman–Crippen MR) is 59.9 cm³/mol. The Morgan fingerprint density at radius 2 is 2.12 bits per heavy atom. The van der Waals surface area contributed by atoms with Crippen LogP contribution in [0.5, 0.6) is 5.75 Å². The summed E-state index contributed by atoms with van der Waals surface area (Å²) < 4.78 is 27.2. The minimum atomic E-state index is -3.80. The number of hydrogen-bond acceptors (Lipinski definition) is 5. The van der Waals surface area contributed by atoms with E-state index in [4.69, 9.17) is 0 Å². The van der Waals surface area contributed by atoms with E-state index in [1.807, 2.05) is 0 Å². The van der Waals surface area contributed by atoms with Gasteiger partial charge in [-0.05, 0) is 18.2 Å². The molecule has 0 saturated heterocycles. The van der Waals surface area contributed by atoms with Crippen molar-refractivity contribution in [1.29, 1.82) is 0 Å². The zero-order valence-electron chi connectivity index (χ0n) is 8.90. The van der Waals surface area contributed by atoms with Gasteiger partial charge in [-0.3, -0.25) is 9.40 Å². The highest BCUT2D eigenvalue weighted by atomic mass is 32.2. The van der Waals surface area contributed by atoms with Crippen LogP contribution in [0.2, 0.25) is 0 Å². The van der Waals surface area contributed by atoms with Crippen molar-refractivity contribution in [2.45, 2.75) is 5.03 Å². The first-order chi connectivity index (χ1) is 8.00. The van der Waals surface area contributed by atoms with Crippen LogP contribution < -0.4 is 4.72 Å². The van der Waals surface area contributed by atoms with E-state index in [2.05, 4.69) is 14.8 Å². The van der Waals surface area contributed by atoms with Gasteiger partial charge in [-0.25, -0.2) is 4.98 Å². The van der Waals surface area contributed by atoms with Crippen LogP contribution in [0.25, 0.3) is 0 Å². The average molecular weight is 254 g/mol. The van der Waals surface area contributed by atoms with Gasteiger partial charge in [0.1, 0.15) is 0 Å². The molecule has 0 aliphatic carbocycles. The van der Waals surface area contributed by atoms with Crippen molar-refractivity contribution in [3.05, 3.63) is 30.6 Å². The molecule has 0 aliphatic rings. The summed E-state index contributed by atoms with van der Waals surface area (Å²) >= 11 is 0. The molecule has 2 aromatic heterocycles. The molecule has 7 nitrogen and oxygen atoms in total. The standard InChI is InChI=1S/C9H10N4O3S/c1-13-8(4-6-11-13)17(15,16)12-9-7(14)3-2-5-10-9/h2-6,14H,1H3,(H,10,12). The lowest BCUT2D eigenvalue weighted by Crippen LogP contribution is -2.17. The van der Waals surface area contributed by atoms with Crippen molar-refractivity contribution in [2.75, 3.05) is 4.72 Å². The van der Waals surface area contributed by atoms with E-state index in [0.717, 1.165) is 0 Å². The van der Waals surface area contributed by atoms with Crippen LogP contribution >= 0.6 is 0 Å². The maximum Gasteiger partial charge on any atom is 0.280 e. The van der Waals surface area contributed by atoms with Crippen molar-refractivity contribution in [1.82, 2.24) is 14.8 Å². The number of hydrogen-bond donors (Lipinski definition) is 2. The Hall–Kier alpha value is -2.09. The quantitative estimate of drug-likeness (QED) is 0.822. The molecular weight excluding hydrogens is 244 g/mol. The van der Waals surface area contributed by atoms with Gasteiger partial charge in [0.05, 0.1) is 6.20 Å². The summed E-state index contributed by atoms with van der Waals surface area (Å²) in [6.45, 7) is 0. The fourth-order valence-electron chi connectivity index (χ4n) is 1.28. The molecule has 2 rings (SSSR count). The molecular formula is C9H10N4O3S. The molecule has 8 heteroatoms. The molecule has 0 amide bonds. The summed E-state index contributed by atoms with van der Waals surface area (Å²) in [5.41, 5.74) is 0. The van der Waals surface area contributed by atoms with Gasteiger partial charge >= 0.3 is 0 Å². The summed E-state index contributed by atoms with van der Waals surface area (Å²) in [7, 11) is -2.29. The predicted octanol–water partition coefficient (Wildman–Crippen LogP) is 0.321. The number of rotatable bonds is 3. The lowest BCUT2D eigenvalue weighted by atomic mass is 10.4. The maximum atomic E-state index is 11.9. The number of aromatic nitrogens is 3. The molecule has 0 aromatic carbocycles. The van der Waals surface area contributed by atoms with Gasteiger partial charge in [-0.1, -0.05) is 0 Å². The number of aromatic hydroxyl groups is 1. The van der Waals surface area contributed by atoms with Crippen molar-refractivity contribution in [2.24, 2.45) is 7.05 Å². The van der Waals surface area contributed by atoms with Crippen LogP contribution in [-0.4, -0.2) is 28.3 Å². The minimum absolute atomic E-state index is 0.0115. The number of pyridine rings is 1. The van der Waals surface area contributed by atoms with E-state index in [1.165, 1.54) is 42.3 Å². The van der Waals surface area contributed by atoms with E-state index >= 15 is 0 Å². The molecule has 2 N–H and O–H groups in total. The fraction of sp³-hybridized carbons (Fsp3) is 0.111. The third-order valence-corrected chi connectivity index (χ3v) is 3.48. The second-order valence-electron chi connectivity index (χ2n) is 3.27. The van der Waals surface area contributed by atoms with E-state index in [0.29, 0.717) is 0 Å². The minimum Gasteiger partial charge on any atom is -0.504 e. The first kappa shape index (κ1) is 11.4. The number of nitrogens with one attached hydrogen (secondary N) is 1. The second-order valence-corrected chi connectivity index (χ2v) is 4.90. The molecule has 0 spiro atoms. The van der Waals surface area contributed by atoms with Crippen LogP contribution in [-0.2, 0) is 17.1 Å². The molecule has 17 heavy (non-hydrogen) atoms. The molecule has 0 aliphatic heterocycles. The molecule has 2 heterocycles. The Labute approximate surface area is 97.8 Å². The van der Waals surface area contributed by atoms with Crippen LogP contribution in [0.1, 0.15) is 0 Å². The Morgan fingerprint density at radius 1 is 1.35 bits per heavy atom. The normalized spacial score (nSPS) is 11.4. The Bertz CT molecular complexity index is 635. The number of aryl methyl sites for hydroxylation is 1. The van der Waals surface area contributed by atoms with E-state index < -0.39 is 10.0 Å². The Balaban J connectivity index is 2.37. The molecule has 0 bridgehead atoms. The highest BCUT2D eigenvalue weighted by Crippen LogP contribution is 2.21. The first-order valence-corrected chi connectivity index (χ1v) is 6.14. The molecule has 0 unspecified atom stereocenters. The smallest absolute Gasteiger partial charge is 0.280 e. The van der Waals surface area contributed by atoms with Gasteiger partial charge in [-0.2, -0.15) is 13.5 Å². The second kappa shape index (κ2) is 4.06. The third-order valence-electron chi connectivity index (χ3n) is 2.07. The number of nitrogens with zero attached hydrogens (tertiary/aromatic N) is 3. The average Bonchev–Trinajstić information content (AvgIpc) is 2.68.